The highest BCUT2D eigenvalue weighted by atomic mass is 16.5. The molecular weight excluding hydrogens is 242 g/mol. The highest BCUT2D eigenvalue weighted by molar-refractivity contribution is 5.91. The molecule has 4 heteroatoms. The summed E-state index contributed by atoms with van der Waals surface area (Å²) < 4.78 is 5.06. The van der Waals surface area contributed by atoms with Crippen molar-refractivity contribution in [3.05, 3.63) is 35.9 Å². The molecule has 0 saturated carbocycles. The van der Waals surface area contributed by atoms with E-state index in [0.29, 0.717) is 6.54 Å². The number of methoxy groups -OCH3 is 1. The number of carbonyl (C=O) groups excluding carboxylic acids is 1. The number of nitrogens with one attached hydrogen (secondary N) is 1. The third kappa shape index (κ3) is 5.57. The van der Waals surface area contributed by atoms with E-state index < -0.39 is 0 Å². The second-order valence-electron chi connectivity index (χ2n) is 5.15. The van der Waals surface area contributed by atoms with Gasteiger partial charge >= 0.3 is 0 Å². The number of aliphatic hydroxyl groups is 1. The molecule has 104 valence electrons. The summed E-state index contributed by atoms with van der Waals surface area (Å²) in [7, 11) is 1.61. The van der Waals surface area contributed by atoms with Crippen LogP contribution in [0.25, 0.3) is 6.08 Å². The first kappa shape index (κ1) is 15.2. The van der Waals surface area contributed by atoms with Gasteiger partial charge in [-0.1, -0.05) is 26.0 Å². The van der Waals surface area contributed by atoms with E-state index in [-0.39, 0.29) is 17.9 Å². The van der Waals surface area contributed by atoms with Crippen LogP contribution in [0.1, 0.15) is 19.4 Å². The van der Waals surface area contributed by atoms with E-state index in [0.717, 1.165) is 11.3 Å². The van der Waals surface area contributed by atoms with Gasteiger partial charge in [-0.25, -0.2) is 0 Å². The molecule has 1 aromatic carbocycles. The van der Waals surface area contributed by atoms with Crippen LogP contribution in [0.3, 0.4) is 0 Å². The monoisotopic (exact) mass is 263 g/mol. The maximum Gasteiger partial charge on any atom is 0.244 e. The summed E-state index contributed by atoms with van der Waals surface area (Å²) >= 11 is 0. The first-order valence-electron chi connectivity index (χ1n) is 6.18. The predicted molar refractivity (Wildman–Crippen MR) is 75.9 cm³/mol. The Balaban J connectivity index is 2.49. The van der Waals surface area contributed by atoms with Gasteiger partial charge < -0.3 is 15.2 Å². The minimum absolute atomic E-state index is 0.0372. The van der Waals surface area contributed by atoms with Crippen LogP contribution in [0.5, 0.6) is 5.75 Å². The summed E-state index contributed by atoms with van der Waals surface area (Å²) in [5, 5.41) is 11.8. The van der Waals surface area contributed by atoms with Gasteiger partial charge in [0, 0.05) is 24.6 Å². The highest BCUT2D eigenvalue weighted by Gasteiger charge is 2.16. The Bertz CT molecular complexity index is 435. The average Bonchev–Trinajstić information content (AvgIpc) is 2.43. The first-order valence-corrected chi connectivity index (χ1v) is 6.18. The zero-order chi connectivity index (χ0) is 14.3. The molecule has 0 unspecified atom stereocenters. The van der Waals surface area contributed by atoms with Crippen molar-refractivity contribution in [3.8, 4) is 5.75 Å². The standard InChI is InChI=1S/C15H21NO3/c1-15(2,11-17)10-16-14(18)9-6-12-4-7-13(19-3)8-5-12/h4-9,17H,10-11H2,1-3H3,(H,16,18)/b9-6+. The molecule has 4 nitrogen and oxygen atoms in total. The zero-order valence-electron chi connectivity index (χ0n) is 11.6. The van der Waals surface area contributed by atoms with Crippen molar-refractivity contribution in [1.82, 2.24) is 5.32 Å². The van der Waals surface area contributed by atoms with Crippen LogP contribution in [0.2, 0.25) is 0 Å². The minimum atomic E-state index is -0.302. The van der Waals surface area contributed by atoms with E-state index in [2.05, 4.69) is 5.32 Å². The van der Waals surface area contributed by atoms with Crippen molar-refractivity contribution in [2.45, 2.75) is 13.8 Å². The van der Waals surface area contributed by atoms with Gasteiger partial charge in [0.05, 0.1) is 7.11 Å². The molecule has 0 saturated heterocycles. The van der Waals surface area contributed by atoms with Gasteiger partial charge in [0.15, 0.2) is 0 Å². The second-order valence-corrected chi connectivity index (χ2v) is 5.15. The number of benzene rings is 1. The molecule has 19 heavy (non-hydrogen) atoms. The first-order chi connectivity index (χ1) is 8.96. The van der Waals surface area contributed by atoms with Crippen LogP contribution in [0.15, 0.2) is 30.3 Å². The van der Waals surface area contributed by atoms with Crippen molar-refractivity contribution in [2.24, 2.45) is 5.41 Å². The van der Waals surface area contributed by atoms with Crippen molar-refractivity contribution in [2.75, 3.05) is 20.3 Å². The normalized spacial score (nSPS) is 11.6. The number of amides is 1. The van der Waals surface area contributed by atoms with Crippen LogP contribution in [0, 0.1) is 5.41 Å². The Kier molecular flexibility index (Phi) is 5.57. The lowest BCUT2D eigenvalue weighted by molar-refractivity contribution is -0.116. The Morgan fingerprint density at radius 3 is 2.53 bits per heavy atom. The van der Waals surface area contributed by atoms with Gasteiger partial charge in [0.25, 0.3) is 0 Å². The maximum atomic E-state index is 11.6. The van der Waals surface area contributed by atoms with E-state index >= 15 is 0 Å². The SMILES string of the molecule is COc1ccc(/C=C/C(=O)NCC(C)(C)CO)cc1. The largest absolute Gasteiger partial charge is 0.497 e. The van der Waals surface area contributed by atoms with E-state index in [4.69, 9.17) is 9.84 Å². The Morgan fingerprint density at radius 1 is 1.37 bits per heavy atom. The molecule has 1 rings (SSSR count). The number of hydrogen-bond acceptors (Lipinski definition) is 3. The van der Waals surface area contributed by atoms with Gasteiger partial charge in [-0.2, -0.15) is 0 Å². The van der Waals surface area contributed by atoms with E-state index in [1.807, 2.05) is 38.1 Å². The summed E-state index contributed by atoms with van der Waals surface area (Å²) in [6.07, 6.45) is 3.22. The molecule has 0 bridgehead atoms. The molecule has 2 N–H and O–H groups in total. The molecule has 1 amide bonds. The van der Waals surface area contributed by atoms with Crippen molar-refractivity contribution in [1.29, 1.82) is 0 Å². The number of hydrogen-bond donors (Lipinski definition) is 2. The number of carbonyl (C=O) groups is 1. The van der Waals surface area contributed by atoms with Gasteiger partial charge in [-0.15, -0.1) is 0 Å². The van der Waals surface area contributed by atoms with Crippen LogP contribution in [0.4, 0.5) is 0 Å². The van der Waals surface area contributed by atoms with Crippen molar-refractivity contribution >= 4 is 12.0 Å². The predicted octanol–water partition coefficient (Wildman–Crippen LogP) is 1.84. The maximum absolute atomic E-state index is 11.6. The molecule has 0 radical (unpaired) electrons. The highest BCUT2D eigenvalue weighted by Crippen LogP contribution is 2.13. The molecule has 0 fully saturated rings. The Labute approximate surface area is 114 Å². The molecule has 0 spiro atoms. The molecular formula is C15H21NO3. The fraction of sp³-hybridized carbons (Fsp3) is 0.400. The van der Waals surface area contributed by atoms with E-state index in [1.54, 1.807) is 13.2 Å². The Morgan fingerprint density at radius 2 is 2.00 bits per heavy atom. The van der Waals surface area contributed by atoms with Gasteiger partial charge in [-0.05, 0) is 23.8 Å². The fourth-order valence-electron chi connectivity index (χ4n) is 1.33. The smallest absolute Gasteiger partial charge is 0.244 e. The van der Waals surface area contributed by atoms with E-state index in [1.165, 1.54) is 6.08 Å². The molecule has 0 aliphatic carbocycles. The van der Waals surface area contributed by atoms with Gasteiger partial charge in [0.2, 0.25) is 5.91 Å². The molecule has 0 atom stereocenters. The van der Waals surface area contributed by atoms with E-state index in [9.17, 15) is 4.79 Å². The summed E-state index contributed by atoms with van der Waals surface area (Å²) in [6, 6.07) is 7.43. The summed E-state index contributed by atoms with van der Waals surface area (Å²) in [5.74, 6) is 0.614. The van der Waals surface area contributed by atoms with Crippen LogP contribution in [-0.4, -0.2) is 31.3 Å². The number of ether oxygens (including phenoxy) is 1. The molecule has 1 aromatic rings. The lowest BCUT2D eigenvalue weighted by atomic mass is 9.95. The number of rotatable bonds is 6. The second kappa shape index (κ2) is 6.95. The summed E-state index contributed by atoms with van der Waals surface area (Å²) in [5.41, 5.74) is 0.626. The lowest BCUT2D eigenvalue weighted by Crippen LogP contribution is -2.35. The molecule has 0 aromatic heterocycles. The van der Waals surface area contributed by atoms with Gasteiger partial charge in [0.1, 0.15) is 5.75 Å². The van der Waals surface area contributed by atoms with Crippen LogP contribution in [-0.2, 0) is 4.79 Å². The Hall–Kier alpha value is -1.81. The zero-order valence-corrected chi connectivity index (χ0v) is 11.6. The van der Waals surface area contributed by atoms with Gasteiger partial charge in [-0.3, -0.25) is 4.79 Å². The van der Waals surface area contributed by atoms with Crippen LogP contribution < -0.4 is 10.1 Å². The number of aliphatic hydroxyl groups excluding tert-OH is 1. The third-order valence-electron chi connectivity index (χ3n) is 2.71. The topological polar surface area (TPSA) is 58.6 Å². The lowest BCUT2D eigenvalue weighted by Gasteiger charge is -2.21. The minimum Gasteiger partial charge on any atom is -0.497 e. The van der Waals surface area contributed by atoms with Crippen molar-refractivity contribution in [3.63, 3.8) is 0 Å². The third-order valence-corrected chi connectivity index (χ3v) is 2.71. The fourth-order valence-corrected chi connectivity index (χ4v) is 1.33. The average molecular weight is 263 g/mol. The summed E-state index contributed by atoms with van der Waals surface area (Å²) in [4.78, 5) is 11.6. The molecule has 0 aliphatic rings. The molecule has 0 aliphatic heterocycles. The quantitative estimate of drug-likeness (QED) is 0.770. The molecule has 0 heterocycles. The van der Waals surface area contributed by atoms with Crippen LogP contribution >= 0.6 is 0 Å². The van der Waals surface area contributed by atoms with Crippen molar-refractivity contribution < 1.29 is 14.6 Å². The summed E-state index contributed by atoms with van der Waals surface area (Å²) in [6.45, 7) is 4.26.